The summed E-state index contributed by atoms with van der Waals surface area (Å²) in [6.07, 6.45) is 4.87. The Kier molecular flexibility index (Phi) is 20.8. The van der Waals surface area contributed by atoms with Gasteiger partial charge in [0.1, 0.15) is 12.1 Å². The minimum atomic E-state index is -0.796. The monoisotopic (exact) mass is 707 g/mol. The lowest BCUT2D eigenvalue weighted by Gasteiger charge is -2.17. The number of aromatic nitrogens is 1. The van der Waals surface area contributed by atoms with Gasteiger partial charge in [-0.25, -0.2) is 16.7 Å². The van der Waals surface area contributed by atoms with Gasteiger partial charge in [-0.05, 0) is 49.1 Å². The number of carbonyl (C=O) groups excluding carboxylic acids is 4. The molecule has 2 atom stereocenters. The summed E-state index contributed by atoms with van der Waals surface area (Å²) in [7, 11) is 3.18. The standard InChI is InChI=1S/C13H20N4O2S2.C10H14N4O2S.C6H7NS/c1-2-7-20-21-8-11(13(19)17-15)16-12(18)9-5-3-4-6-10(9)14;11-7-4-2-1-3-6(7)9(15)13-8(5-17)10(16)14-12;1-8-6-4-2-3-5-7-6/h3-6,11H,2,7-8,14-15H2,1H3,(H,16,18)(H,17,19);1-4,8,17H,5,11-12H2,(H,13,15)(H,14,16);2-5H,1H3. The average molecular weight is 708 g/mol. The van der Waals surface area contributed by atoms with Gasteiger partial charge in [-0.1, -0.05) is 58.8 Å². The van der Waals surface area contributed by atoms with Gasteiger partial charge < -0.3 is 22.1 Å². The zero-order valence-corrected chi connectivity index (χ0v) is 28.8. The van der Waals surface area contributed by atoms with Crippen molar-refractivity contribution in [1.29, 1.82) is 0 Å². The van der Waals surface area contributed by atoms with E-state index in [1.54, 1.807) is 77.3 Å². The number of thiol groups is 1. The summed E-state index contributed by atoms with van der Waals surface area (Å²) >= 11 is 5.62. The Morgan fingerprint density at radius 2 is 1.28 bits per heavy atom. The van der Waals surface area contributed by atoms with Crippen molar-refractivity contribution in [3.63, 3.8) is 0 Å². The number of thioether (sulfide) groups is 1. The fraction of sp³-hybridized carbons (Fsp3) is 0.276. The number of nitrogens with one attached hydrogen (secondary N) is 4. The molecule has 0 bridgehead atoms. The van der Waals surface area contributed by atoms with Gasteiger partial charge in [-0.3, -0.25) is 30.0 Å². The van der Waals surface area contributed by atoms with Crippen LogP contribution in [0.15, 0.2) is 78.0 Å². The third-order valence-corrected chi connectivity index (χ3v) is 9.22. The quantitative estimate of drug-likeness (QED) is 0.0182. The van der Waals surface area contributed by atoms with E-state index in [4.69, 9.17) is 23.2 Å². The fourth-order valence-corrected chi connectivity index (χ4v) is 6.12. The number of hydrogen-bond donors (Lipinski definition) is 9. The van der Waals surface area contributed by atoms with E-state index in [1.165, 1.54) is 10.8 Å². The van der Waals surface area contributed by atoms with Crippen LogP contribution >= 0.6 is 46.0 Å². The average Bonchev–Trinajstić information content (AvgIpc) is 3.08. The van der Waals surface area contributed by atoms with Crippen LogP contribution < -0.4 is 44.6 Å². The van der Waals surface area contributed by atoms with Crippen LogP contribution in [-0.2, 0) is 9.59 Å². The number of para-hydroxylation sites is 2. The summed E-state index contributed by atoms with van der Waals surface area (Å²) in [4.78, 5) is 51.0. The Morgan fingerprint density at radius 3 is 1.70 bits per heavy atom. The highest BCUT2D eigenvalue weighted by atomic mass is 33.1. The van der Waals surface area contributed by atoms with Crippen LogP contribution in [0, 0.1) is 0 Å². The maximum Gasteiger partial charge on any atom is 0.257 e. The van der Waals surface area contributed by atoms with Crippen LogP contribution in [0.2, 0.25) is 0 Å². The molecular formula is C29H41N9O4S4. The molecule has 3 rings (SSSR count). The number of nitrogens with two attached hydrogens (primary N) is 4. The molecule has 0 aliphatic rings. The molecule has 1 aromatic heterocycles. The number of pyridine rings is 1. The van der Waals surface area contributed by atoms with Crippen molar-refractivity contribution in [3.05, 3.63) is 84.1 Å². The molecule has 0 aliphatic heterocycles. The van der Waals surface area contributed by atoms with E-state index in [-0.39, 0.29) is 11.7 Å². The maximum absolute atomic E-state index is 12.2. The summed E-state index contributed by atoms with van der Waals surface area (Å²) in [5.41, 5.74) is 16.8. The topological polar surface area (TPSA) is 233 Å². The Hall–Kier alpha value is -3.61. The van der Waals surface area contributed by atoms with Crippen LogP contribution in [0.4, 0.5) is 11.4 Å². The molecule has 0 saturated carbocycles. The summed E-state index contributed by atoms with van der Waals surface area (Å²) in [5.74, 6) is 9.94. The lowest BCUT2D eigenvalue weighted by atomic mass is 10.1. The van der Waals surface area contributed by atoms with E-state index in [2.05, 4.69) is 40.6 Å². The predicted octanol–water partition coefficient (Wildman–Crippen LogP) is 2.24. The van der Waals surface area contributed by atoms with Gasteiger partial charge in [0.25, 0.3) is 23.6 Å². The number of nitrogens with zero attached hydrogens (tertiary/aromatic N) is 1. The maximum atomic E-state index is 12.2. The van der Waals surface area contributed by atoms with Crippen molar-refractivity contribution in [2.24, 2.45) is 11.7 Å². The smallest absolute Gasteiger partial charge is 0.257 e. The van der Waals surface area contributed by atoms with Gasteiger partial charge in [0.15, 0.2) is 0 Å². The van der Waals surface area contributed by atoms with Crippen molar-refractivity contribution in [2.45, 2.75) is 30.5 Å². The normalized spacial score (nSPS) is 11.2. The van der Waals surface area contributed by atoms with Crippen molar-refractivity contribution in [1.82, 2.24) is 26.5 Å². The number of benzene rings is 2. The second kappa shape index (κ2) is 23.7. The van der Waals surface area contributed by atoms with E-state index in [0.29, 0.717) is 28.3 Å². The molecule has 0 radical (unpaired) electrons. The zero-order valence-electron chi connectivity index (χ0n) is 25.5. The molecule has 2 unspecified atom stereocenters. The number of rotatable bonds is 13. The lowest BCUT2D eigenvalue weighted by Crippen LogP contribution is -2.50. The van der Waals surface area contributed by atoms with E-state index < -0.39 is 29.8 Å². The third kappa shape index (κ3) is 15.1. The first-order valence-corrected chi connectivity index (χ1v) is 18.1. The van der Waals surface area contributed by atoms with Gasteiger partial charge in [0.2, 0.25) is 0 Å². The molecule has 1 heterocycles. The highest BCUT2D eigenvalue weighted by Crippen LogP contribution is 2.23. The largest absolute Gasteiger partial charge is 0.398 e. The molecule has 4 amide bonds. The molecule has 0 aliphatic carbocycles. The second-order valence-electron chi connectivity index (χ2n) is 8.90. The number of hydrazine groups is 2. The Labute approximate surface area is 286 Å². The molecule has 0 fully saturated rings. The molecule has 13 nitrogen and oxygen atoms in total. The summed E-state index contributed by atoms with van der Waals surface area (Å²) in [6, 6.07) is 17.7. The highest BCUT2D eigenvalue weighted by Gasteiger charge is 2.22. The Balaban J connectivity index is 0.000000376. The summed E-state index contributed by atoms with van der Waals surface area (Å²) < 4.78 is 0. The van der Waals surface area contributed by atoms with Crippen LogP contribution in [0.1, 0.15) is 34.1 Å². The molecular weight excluding hydrogens is 667 g/mol. The van der Waals surface area contributed by atoms with Crippen molar-refractivity contribution in [2.75, 3.05) is 35.0 Å². The van der Waals surface area contributed by atoms with Crippen molar-refractivity contribution < 1.29 is 19.2 Å². The SMILES string of the molecule is CCCSSCC(NC(=O)c1ccccc1N)C(=O)NN.CSc1ccccn1.NNC(=O)C(CS)NC(=O)c1ccccc1N. The molecule has 3 aromatic rings. The van der Waals surface area contributed by atoms with Crippen LogP contribution in [0.25, 0.3) is 0 Å². The minimum Gasteiger partial charge on any atom is -0.398 e. The lowest BCUT2D eigenvalue weighted by molar-refractivity contribution is -0.123. The van der Waals surface area contributed by atoms with E-state index in [0.717, 1.165) is 17.2 Å². The molecule has 46 heavy (non-hydrogen) atoms. The van der Waals surface area contributed by atoms with Crippen molar-refractivity contribution >= 4 is 81.0 Å². The zero-order chi connectivity index (χ0) is 34.3. The van der Waals surface area contributed by atoms with Crippen LogP contribution in [0.5, 0.6) is 0 Å². The molecule has 0 saturated heterocycles. The number of amides is 4. The molecule has 2 aromatic carbocycles. The molecule has 17 heteroatoms. The van der Waals surface area contributed by atoms with Crippen LogP contribution in [-0.4, -0.2) is 64.2 Å². The van der Waals surface area contributed by atoms with Gasteiger partial charge >= 0.3 is 0 Å². The highest BCUT2D eigenvalue weighted by molar-refractivity contribution is 8.76. The number of nitrogen functional groups attached to an aromatic ring is 2. The van der Waals surface area contributed by atoms with Crippen LogP contribution in [0.3, 0.4) is 0 Å². The van der Waals surface area contributed by atoms with E-state index in [1.807, 2.05) is 29.9 Å². The Bertz CT molecular complexity index is 1370. The Morgan fingerprint density at radius 1 is 0.783 bits per heavy atom. The first-order valence-electron chi connectivity index (χ1n) is 13.7. The first kappa shape index (κ1) is 40.4. The van der Waals surface area contributed by atoms with Gasteiger partial charge in [-0.15, -0.1) is 11.8 Å². The third-order valence-electron chi connectivity index (χ3n) is 5.57. The summed E-state index contributed by atoms with van der Waals surface area (Å²) in [6.45, 7) is 2.08. The van der Waals surface area contributed by atoms with Crippen molar-refractivity contribution in [3.8, 4) is 0 Å². The number of carbonyl (C=O) groups is 4. The summed E-state index contributed by atoms with van der Waals surface area (Å²) in [5, 5.41) is 6.22. The number of hydrogen-bond acceptors (Lipinski definition) is 13. The predicted molar refractivity (Wildman–Crippen MR) is 194 cm³/mol. The van der Waals surface area contributed by atoms with E-state index >= 15 is 0 Å². The molecule has 250 valence electrons. The van der Waals surface area contributed by atoms with E-state index in [9.17, 15) is 19.2 Å². The minimum absolute atomic E-state index is 0.140. The van der Waals surface area contributed by atoms with Gasteiger partial charge in [-0.2, -0.15) is 12.6 Å². The molecule has 12 N–H and O–H groups in total. The van der Waals surface area contributed by atoms with Gasteiger partial charge in [0.05, 0.1) is 16.2 Å². The molecule has 0 spiro atoms. The second-order valence-corrected chi connectivity index (χ2v) is 12.7. The van der Waals surface area contributed by atoms with Gasteiger partial charge in [0, 0.05) is 34.8 Å². The first-order chi connectivity index (χ1) is 22.1. The number of anilines is 2. The fourth-order valence-electron chi connectivity index (χ4n) is 3.18.